The maximum absolute atomic E-state index is 12.8. The van der Waals surface area contributed by atoms with Gasteiger partial charge in [-0.15, -0.1) is 0 Å². The van der Waals surface area contributed by atoms with Crippen molar-refractivity contribution in [2.24, 2.45) is 7.05 Å². The van der Waals surface area contributed by atoms with Crippen LogP contribution in [-0.2, 0) is 7.05 Å². The summed E-state index contributed by atoms with van der Waals surface area (Å²) >= 11 is 6.24. The number of benzene rings is 1. The number of anilines is 1. The summed E-state index contributed by atoms with van der Waals surface area (Å²) in [6.07, 6.45) is 2.07. The number of fused-ring (bicyclic) bond motifs is 1. The molecule has 3 aromatic rings. The Balaban J connectivity index is 2.12. The predicted octanol–water partition coefficient (Wildman–Crippen LogP) is 2.19. The van der Waals surface area contributed by atoms with Crippen molar-refractivity contribution < 1.29 is 10.2 Å². The molecule has 3 rings (SSSR count). The van der Waals surface area contributed by atoms with Crippen LogP contribution in [0.5, 0.6) is 0 Å². The minimum absolute atomic E-state index is 0.230. The van der Waals surface area contributed by atoms with Crippen LogP contribution >= 0.6 is 11.6 Å². The van der Waals surface area contributed by atoms with Crippen molar-refractivity contribution >= 4 is 28.6 Å². The van der Waals surface area contributed by atoms with Crippen LogP contribution in [0, 0.1) is 0 Å². The predicted molar refractivity (Wildman–Crippen MR) is 106 cm³/mol. The van der Waals surface area contributed by atoms with Gasteiger partial charge in [-0.2, -0.15) is 4.98 Å². The number of aryl methyl sites for hydroxylation is 1. The first kappa shape index (κ1) is 19.3. The van der Waals surface area contributed by atoms with Crippen LogP contribution in [0.4, 0.5) is 5.95 Å². The van der Waals surface area contributed by atoms with Crippen molar-refractivity contribution in [1.29, 1.82) is 0 Å². The van der Waals surface area contributed by atoms with E-state index in [9.17, 15) is 15.0 Å². The number of rotatable bonds is 6. The van der Waals surface area contributed by atoms with Crippen molar-refractivity contribution in [2.75, 3.05) is 18.5 Å². The van der Waals surface area contributed by atoms with Gasteiger partial charge in [-0.1, -0.05) is 36.7 Å². The molecule has 27 heavy (non-hydrogen) atoms. The molecule has 0 unspecified atom stereocenters. The SMILES string of the molecule is CCC(CO)(CO)Nc1ncc2cc(-c3ccccc3Cl)c(=O)n(C)c2n1. The fraction of sp³-hybridized carbons (Fsp3) is 0.316. The topological polar surface area (TPSA) is 100 Å². The van der Waals surface area contributed by atoms with Gasteiger partial charge in [0.1, 0.15) is 5.65 Å². The Morgan fingerprint density at radius 2 is 1.93 bits per heavy atom. The third kappa shape index (κ3) is 3.53. The quantitative estimate of drug-likeness (QED) is 0.598. The average molecular weight is 389 g/mol. The summed E-state index contributed by atoms with van der Waals surface area (Å²) in [5.74, 6) is 0.230. The van der Waals surface area contributed by atoms with Gasteiger partial charge in [0.15, 0.2) is 0 Å². The zero-order valence-corrected chi connectivity index (χ0v) is 15.9. The number of nitrogens with one attached hydrogen (secondary N) is 1. The Labute approximate surface area is 161 Å². The summed E-state index contributed by atoms with van der Waals surface area (Å²) in [6, 6.07) is 8.87. The van der Waals surface area contributed by atoms with Gasteiger partial charge in [-0.25, -0.2) is 4.98 Å². The van der Waals surface area contributed by atoms with Crippen LogP contribution in [0.2, 0.25) is 5.02 Å². The third-order valence-electron chi connectivity index (χ3n) is 4.77. The van der Waals surface area contributed by atoms with E-state index in [0.29, 0.717) is 33.6 Å². The lowest BCUT2D eigenvalue weighted by atomic mass is 9.99. The first-order chi connectivity index (χ1) is 12.9. The molecule has 1 aromatic carbocycles. The van der Waals surface area contributed by atoms with E-state index in [4.69, 9.17) is 11.6 Å². The largest absolute Gasteiger partial charge is 0.394 e. The Morgan fingerprint density at radius 1 is 1.22 bits per heavy atom. The maximum atomic E-state index is 12.8. The third-order valence-corrected chi connectivity index (χ3v) is 5.10. The van der Waals surface area contributed by atoms with E-state index in [2.05, 4.69) is 15.3 Å². The van der Waals surface area contributed by atoms with Gasteiger partial charge in [0, 0.05) is 34.8 Å². The molecule has 0 amide bonds. The molecule has 0 aliphatic heterocycles. The van der Waals surface area contributed by atoms with E-state index in [1.807, 2.05) is 13.0 Å². The van der Waals surface area contributed by atoms with E-state index in [0.717, 1.165) is 0 Å². The number of nitrogens with zero attached hydrogens (tertiary/aromatic N) is 3. The van der Waals surface area contributed by atoms with E-state index < -0.39 is 5.54 Å². The van der Waals surface area contributed by atoms with Crippen LogP contribution < -0.4 is 10.9 Å². The molecule has 2 heterocycles. The second-order valence-electron chi connectivity index (χ2n) is 6.45. The number of aliphatic hydroxyl groups excluding tert-OH is 2. The van der Waals surface area contributed by atoms with Crippen LogP contribution in [0.1, 0.15) is 13.3 Å². The fourth-order valence-corrected chi connectivity index (χ4v) is 3.10. The van der Waals surface area contributed by atoms with Crippen LogP contribution in [0.25, 0.3) is 22.2 Å². The van der Waals surface area contributed by atoms with E-state index in [1.54, 1.807) is 37.5 Å². The monoisotopic (exact) mass is 388 g/mol. The molecule has 7 nitrogen and oxygen atoms in total. The van der Waals surface area contributed by atoms with Crippen LogP contribution in [0.15, 0.2) is 41.3 Å². The second-order valence-corrected chi connectivity index (χ2v) is 6.86. The Morgan fingerprint density at radius 3 is 2.56 bits per heavy atom. The van der Waals surface area contributed by atoms with Crippen LogP contribution in [0.3, 0.4) is 0 Å². The summed E-state index contributed by atoms with van der Waals surface area (Å²) in [5.41, 5.74) is 0.396. The van der Waals surface area contributed by atoms with Crippen molar-refractivity contribution in [3.05, 3.63) is 51.9 Å². The van der Waals surface area contributed by atoms with Gasteiger partial charge in [-0.05, 0) is 18.6 Å². The molecule has 0 saturated carbocycles. The molecule has 0 aliphatic rings. The highest BCUT2D eigenvalue weighted by Crippen LogP contribution is 2.27. The maximum Gasteiger partial charge on any atom is 0.259 e. The highest BCUT2D eigenvalue weighted by molar-refractivity contribution is 6.33. The van der Waals surface area contributed by atoms with Gasteiger partial charge < -0.3 is 15.5 Å². The molecule has 3 N–H and O–H groups in total. The standard InChI is InChI=1S/C19H21ClN4O3/c1-3-19(10-25,11-26)23-18-21-9-12-8-14(13-6-4-5-7-15(13)20)17(27)24(2)16(12)22-18/h4-9,25-26H,3,10-11H2,1-2H3,(H,21,22,23). The highest BCUT2D eigenvalue weighted by atomic mass is 35.5. The number of hydrogen-bond acceptors (Lipinski definition) is 6. The van der Waals surface area contributed by atoms with Crippen LogP contribution in [-0.4, -0.2) is 43.5 Å². The number of pyridine rings is 1. The van der Waals surface area contributed by atoms with Crippen molar-refractivity contribution in [3.8, 4) is 11.1 Å². The van der Waals surface area contributed by atoms with E-state index in [1.165, 1.54) is 4.57 Å². The number of hydrogen-bond donors (Lipinski definition) is 3. The molecule has 0 bridgehead atoms. The molecule has 0 atom stereocenters. The highest BCUT2D eigenvalue weighted by Gasteiger charge is 2.27. The smallest absolute Gasteiger partial charge is 0.259 e. The van der Waals surface area contributed by atoms with Gasteiger partial charge in [-0.3, -0.25) is 9.36 Å². The van der Waals surface area contributed by atoms with Crippen molar-refractivity contribution in [1.82, 2.24) is 14.5 Å². The molecule has 142 valence electrons. The Bertz CT molecular complexity index is 1020. The average Bonchev–Trinajstić information content (AvgIpc) is 2.70. The molecule has 0 radical (unpaired) electrons. The summed E-state index contributed by atoms with van der Waals surface area (Å²) in [4.78, 5) is 21.5. The molecule has 0 aliphatic carbocycles. The Hall–Kier alpha value is -2.48. The lowest BCUT2D eigenvalue weighted by Gasteiger charge is -2.29. The van der Waals surface area contributed by atoms with E-state index in [-0.39, 0.29) is 24.7 Å². The minimum Gasteiger partial charge on any atom is -0.394 e. The van der Waals surface area contributed by atoms with Crippen molar-refractivity contribution in [3.63, 3.8) is 0 Å². The number of aliphatic hydroxyl groups is 2. The molecule has 0 saturated heterocycles. The summed E-state index contributed by atoms with van der Waals surface area (Å²) in [5, 5.41) is 23.3. The zero-order chi connectivity index (χ0) is 19.6. The zero-order valence-electron chi connectivity index (χ0n) is 15.1. The molecule has 8 heteroatoms. The fourth-order valence-electron chi connectivity index (χ4n) is 2.86. The first-order valence-electron chi connectivity index (χ1n) is 8.56. The lowest BCUT2D eigenvalue weighted by Crippen LogP contribution is -2.45. The summed E-state index contributed by atoms with van der Waals surface area (Å²) in [7, 11) is 1.63. The minimum atomic E-state index is -0.927. The van der Waals surface area contributed by atoms with Gasteiger partial charge in [0.2, 0.25) is 5.95 Å². The van der Waals surface area contributed by atoms with E-state index >= 15 is 0 Å². The van der Waals surface area contributed by atoms with Gasteiger partial charge >= 0.3 is 0 Å². The molecule has 2 aromatic heterocycles. The summed E-state index contributed by atoms with van der Waals surface area (Å²) in [6.45, 7) is 1.30. The molecular weight excluding hydrogens is 368 g/mol. The van der Waals surface area contributed by atoms with Crippen molar-refractivity contribution in [2.45, 2.75) is 18.9 Å². The molecule has 0 spiro atoms. The Kier molecular flexibility index (Phi) is 5.46. The molecule has 0 fully saturated rings. The number of halogens is 1. The van der Waals surface area contributed by atoms with Gasteiger partial charge in [0.25, 0.3) is 5.56 Å². The lowest BCUT2D eigenvalue weighted by molar-refractivity contribution is 0.132. The summed E-state index contributed by atoms with van der Waals surface area (Å²) < 4.78 is 1.44. The van der Waals surface area contributed by atoms with Gasteiger partial charge in [0.05, 0.1) is 18.8 Å². The second kappa shape index (κ2) is 7.64. The molecular formula is C19H21ClN4O3. The first-order valence-corrected chi connectivity index (χ1v) is 8.94. The number of aromatic nitrogens is 3. The normalized spacial score (nSPS) is 11.7.